The number of hydrogen-bond acceptors (Lipinski definition) is 29. The third-order valence-electron chi connectivity index (χ3n) is 13.9. The fourth-order valence-corrected chi connectivity index (χ4v) is 9.82. The van der Waals surface area contributed by atoms with Crippen LogP contribution in [0.5, 0.6) is 0 Å². The van der Waals surface area contributed by atoms with Gasteiger partial charge in [0, 0.05) is 61.2 Å². The number of nitrogens with zero attached hydrogens (tertiary/aromatic N) is 6. The zero-order valence-corrected chi connectivity index (χ0v) is 63.4. The summed E-state index contributed by atoms with van der Waals surface area (Å²) in [4.78, 5) is 168. The SMILES string of the molecule is CC(C)(C)OC(=O)C(Br)c1ccccc1[N+](=O)[O-].CC(C)(C)OC(=O)C(NCCCC(=O)OC(C(=O)OC(C)(C)C)c1ccccc1[N+](=O)[O-])c1ccccc1[N+](=O)[O-].NCCCC(=O)O.O=C(CCCNC(C(=O)O)c1ccccc1[N+](=O)[O-])OC(C(=O)O)c1ccccc1[N+](=O)[O-].O=C(O)Cc1ccccc1[N+](=O)[O-]. The normalized spacial score (nSPS) is 12.1. The molecule has 6 aromatic rings. The summed E-state index contributed by atoms with van der Waals surface area (Å²) < 4.78 is 26.2. The maximum atomic E-state index is 12.9. The Morgan fingerprint density at radius 1 is 0.393 bits per heavy atom. The molecule has 6 rings (SSSR count). The molecule has 0 fully saturated rings. The molecule has 40 heteroatoms. The zero-order chi connectivity index (χ0) is 85.0. The van der Waals surface area contributed by atoms with Crippen LogP contribution in [0, 0.1) is 60.7 Å². The number of nitro groups is 6. The van der Waals surface area contributed by atoms with Crippen molar-refractivity contribution in [3.63, 3.8) is 0 Å². The molecule has 0 aliphatic carbocycles. The molecule has 0 radical (unpaired) electrons. The fourth-order valence-electron chi connectivity index (χ4n) is 9.34. The highest BCUT2D eigenvalue weighted by Crippen LogP contribution is 2.35. The van der Waals surface area contributed by atoms with Crippen molar-refractivity contribution in [1.29, 1.82) is 0 Å². The maximum Gasteiger partial charge on any atom is 0.353 e. The molecule has 5 atom stereocenters. The number of carbonyl (C=O) groups is 9. The van der Waals surface area contributed by atoms with E-state index in [1.165, 1.54) is 109 Å². The standard InChI is InChI=1S/C28H35N3O10.C20H19N3O10.C12H14BrNO4.C8H7NO4.C4H9NO2/c1-27(2,3)40-25(33)23(18-12-7-9-14-20(18)30(35)36)29-17-11-16-22(32)39-24(26(34)41-28(4,5)6)19-13-8-10-15-21(19)31(37)38;24-16(33-18(20(27)28)13-7-2-4-9-15(13)23(31)32)10-5-11-21-17(19(25)26)12-6-1-3-8-14(12)22(29)30;1-12(2,3)18-11(15)10(13)8-6-4-5-7-9(8)14(16)17;10-8(11)5-6-3-1-2-4-7(6)9(12)13;5-3-1-2-4(6)7/h7-10,12-15,23-24,29H,11,16-17H2,1-6H3;1-4,6-9,17-18,21H,5,10-11H2,(H,25,26)(H,27,28);4-7,10H,1-3H3;1-4H,5H2,(H,10,11);1-3,5H2,(H,6,7). The molecule has 0 saturated carbocycles. The predicted molar refractivity (Wildman–Crippen MR) is 398 cm³/mol. The van der Waals surface area contributed by atoms with Crippen molar-refractivity contribution in [3.8, 4) is 0 Å². The predicted octanol–water partition coefficient (Wildman–Crippen LogP) is 11.7. The number of carboxylic acid groups (broad SMARTS) is 4. The van der Waals surface area contributed by atoms with Gasteiger partial charge in [-0.25, -0.2) is 14.4 Å². The van der Waals surface area contributed by atoms with Crippen LogP contribution in [0.25, 0.3) is 0 Å². The molecule has 0 aliphatic heterocycles. The molecule has 8 N–H and O–H groups in total. The van der Waals surface area contributed by atoms with Crippen LogP contribution in [0.3, 0.4) is 0 Å². The lowest BCUT2D eigenvalue weighted by Gasteiger charge is -2.25. The molecular weight excluding hydrogens is 1550 g/mol. The number of aliphatic carboxylic acids is 4. The van der Waals surface area contributed by atoms with Crippen LogP contribution in [-0.2, 0) is 73.3 Å². The van der Waals surface area contributed by atoms with Gasteiger partial charge in [0.15, 0.2) is 0 Å². The van der Waals surface area contributed by atoms with Gasteiger partial charge >= 0.3 is 53.7 Å². The lowest BCUT2D eigenvalue weighted by atomic mass is 10.0. The number of carboxylic acids is 4. The third kappa shape index (κ3) is 34.3. The van der Waals surface area contributed by atoms with Gasteiger partial charge in [0.1, 0.15) is 33.7 Å². The number of rotatable bonds is 33. The molecule has 0 saturated heterocycles. The molecule has 39 nitrogen and oxygen atoms in total. The summed E-state index contributed by atoms with van der Waals surface area (Å²) in [6.07, 6.45) is -3.61. The second-order valence-corrected chi connectivity index (χ2v) is 27.1. The van der Waals surface area contributed by atoms with Crippen LogP contribution >= 0.6 is 15.9 Å². The molecule has 0 aliphatic rings. The quantitative estimate of drug-likeness (QED) is 0.00502. The van der Waals surface area contributed by atoms with Crippen molar-refractivity contribution in [3.05, 3.63) is 240 Å². The Hall–Kier alpha value is -12.7. The van der Waals surface area contributed by atoms with Gasteiger partial charge in [0.25, 0.3) is 34.1 Å². The molecule has 0 heterocycles. The molecular formula is C72H84BrN9O30. The van der Waals surface area contributed by atoms with Crippen molar-refractivity contribution in [2.75, 3.05) is 19.6 Å². The number of nitro benzene ring substituents is 6. The summed E-state index contributed by atoms with van der Waals surface area (Å²) in [6, 6.07) is 30.6. The van der Waals surface area contributed by atoms with E-state index in [2.05, 4.69) is 26.6 Å². The molecule has 0 spiro atoms. The van der Waals surface area contributed by atoms with E-state index < -0.39 is 141 Å². The summed E-state index contributed by atoms with van der Waals surface area (Å²) in [6.45, 7) is 15.5. The number of carbonyl (C=O) groups excluding carboxylic acids is 5. The summed E-state index contributed by atoms with van der Waals surface area (Å²) in [5.74, 6) is -8.89. The number of nitrogens with one attached hydrogen (secondary N) is 2. The Bertz CT molecular complexity index is 4330. The largest absolute Gasteiger partial charge is 0.481 e. The van der Waals surface area contributed by atoms with Gasteiger partial charge in [-0.3, -0.25) is 89.5 Å². The van der Waals surface area contributed by atoms with Crippen molar-refractivity contribution in [2.45, 2.75) is 153 Å². The lowest BCUT2D eigenvalue weighted by Crippen LogP contribution is -2.36. The Kier molecular flexibility index (Phi) is 39.1. The lowest BCUT2D eigenvalue weighted by molar-refractivity contribution is -0.386. The Morgan fingerprint density at radius 2 is 0.705 bits per heavy atom. The first-order valence-corrected chi connectivity index (χ1v) is 34.3. The molecule has 5 unspecified atom stereocenters. The van der Waals surface area contributed by atoms with Gasteiger partial charge in [-0.15, -0.1) is 0 Å². The van der Waals surface area contributed by atoms with E-state index in [0.717, 1.165) is 12.1 Å². The average Bonchev–Trinajstić information content (AvgIpc) is 0.828. The Morgan fingerprint density at radius 3 is 1.06 bits per heavy atom. The van der Waals surface area contributed by atoms with Gasteiger partial charge in [-0.1, -0.05) is 101 Å². The van der Waals surface area contributed by atoms with Crippen molar-refractivity contribution < 1.29 is 117 Å². The van der Waals surface area contributed by atoms with Crippen LogP contribution in [-0.4, -0.2) is 140 Å². The van der Waals surface area contributed by atoms with Crippen molar-refractivity contribution in [2.24, 2.45) is 5.73 Å². The first-order chi connectivity index (χ1) is 52.2. The van der Waals surface area contributed by atoms with Crippen LogP contribution in [0.2, 0.25) is 0 Å². The minimum Gasteiger partial charge on any atom is -0.481 e. The summed E-state index contributed by atoms with van der Waals surface area (Å²) >= 11 is 3.14. The average molecular weight is 1640 g/mol. The number of halogens is 1. The van der Waals surface area contributed by atoms with Crippen LogP contribution in [0.4, 0.5) is 34.1 Å². The van der Waals surface area contributed by atoms with E-state index in [4.69, 9.17) is 39.6 Å². The first-order valence-electron chi connectivity index (χ1n) is 33.4. The first kappa shape index (κ1) is 95.4. The Labute approximate surface area is 646 Å². The number of nitrogens with two attached hydrogens (primary N) is 1. The number of hydrogen-bond donors (Lipinski definition) is 7. The number of para-hydroxylation sites is 6. The van der Waals surface area contributed by atoms with E-state index >= 15 is 0 Å². The number of esters is 5. The second-order valence-electron chi connectivity index (χ2n) is 26.2. The number of ether oxygens (including phenoxy) is 5. The smallest absolute Gasteiger partial charge is 0.353 e. The topological polar surface area (TPSA) is 590 Å². The van der Waals surface area contributed by atoms with Crippen LogP contribution in [0.15, 0.2) is 146 Å². The summed E-state index contributed by atoms with van der Waals surface area (Å²) in [7, 11) is 0. The van der Waals surface area contributed by atoms with Gasteiger partial charge in [0.2, 0.25) is 12.2 Å². The van der Waals surface area contributed by atoms with Gasteiger partial charge in [-0.2, -0.15) is 0 Å². The zero-order valence-electron chi connectivity index (χ0n) is 61.9. The summed E-state index contributed by atoms with van der Waals surface area (Å²) in [5, 5.41) is 107. The number of alkyl halides is 1. The molecule has 604 valence electrons. The molecule has 0 aromatic heterocycles. The van der Waals surface area contributed by atoms with E-state index in [1.807, 2.05) is 0 Å². The van der Waals surface area contributed by atoms with Gasteiger partial charge < -0.3 is 60.5 Å². The maximum absolute atomic E-state index is 12.9. The third-order valence-corrected chi connectivity index (χ3v) is 14.8. The van der Waals surface area contributed by atoms with E-state index in [0.29, 0.717) is 13.0 Å². The minimum atomic E-state index is -1.90. The fraction of sp³-hybridized carbons (Fsp3) is 0.375. The number of benzene rings is 6. The summed E-state index contributed by atoms with van der Waals surface area (Å²) in [5.41, 5.74) is 0.811. The Balaban J connectivity index is 0.000000528. The van der Waals surface area contributed by atoms with Crippen molar-refractivity contribution in [1.82, 2.24) is 10.6 Å². The van der Waals surface area contributed by atoms with Gasteiger partial charge in [-0.05, 0) is 125 Å². The highest BCUT2D eigenvalue weighted by Gasteiger charge is 2.37. The van der Waals surface area contributed by atoms with E-state index in [9.17, 15) is 114 Å². The van der Waals surface area contributed by atoms with Crippen molar-refractivity contribution >= 4 is 104 Å². The minimum absolute atomic E-state index is 0.00642. The second kappa shape index (κ2) is 46.0. The monoisotopic (exact) mass is 1630 g/mol. The van der Waals surface area contributed by atoms with Gasteiger partial charge in [0.05, 0.1) is 63.8 Å². The van der Waals surface area contributed by atoms with E-state index in [1.54, 1.807) is 86.6 Å². The molecule has 0 bridgehead atoms. The van der Waals surface area contributed by atoms with E-state index in [-0.39, 0.29) is 108 Å². The molecule has 112 heavy (non-hydrogen) atoms. The van der Waals surface area contributed by atoms with Crippen LogP contribution < -0.4 is 16.4 Å². The van der Waals surface area contributed by atoms with Crippen LogP contribution in [0.1, 0.15) is 163 Å². The highest BCUT2D eigenvalue weighted by atomic mass is 79.9. The molecule has 6 aromatic carbocycles. The molecule has 0 amide bonds. The highest BCUT2D eigenvalue weighted by molar-refractivity contribution is 9.09.